The summed E-state index contributed by atoms with van der Waals surface area (Å²) in [5.74, 6) is -1.87. The number of aliphatic hydroxyl groups excluding tert-OH is 1. The molecule has 190 valence electrons. The van der Waals surface area contributed by atoms with Gasteiger partial charge in [0.05, 0.1) is 30.3 Å². The first-order valence-electron chi connectivity index (χ1n) is 12.2. The van der Waals surface area contributed by atoms with Crippen molar-refractivity contribution in [2.75, 3.05) is 39.3 Å². The maximum absolute atomic E-state index is 14.9. The summed E-state index contributed by atoms with van der Waals surface area (Å²) in [5, 5.41) is 19.3. The molecule has 2 aliphatic heterocycles. The lowest BCUT2D eigenvalue weighted by molar-refractivity contribution is -0.191. The summed E-state index contributed by atoms with van der Waals surface area (Å²) >= 11 is 0. The average Bonchev–Trinajstić information content (AvgIpc) is 3.46. The van der Waals surface area contributed by atoms with Crippen molar-refractivity contribution >= 4 is 5.91 Å². The summed E-state index contributed by atoms with van der Waals surface area (Å²) in [5.41, 5.74) is 5.21. The SMILES string of the molecule is NCC1CCN(C2NC(C3CCC(C(F)(F)F)CC3F)NCC2CNC(=O)C2(CO)CC2)C1. The number of carbonyl (C=O) groups excluding carboxylic acids is 1. The molecule has 1 amide bonds. The summed E-state index contributed by atoms with van der Waals surface area (Å²) in [6.45, 7) is 2.97. The second-order valence-corrected chi connectivity index (χ2v) is 10.5. The van der Waals surface area contributed by atoms with Crippen LogP contribution >= 0.6 is 0 Å². The molecule has 6 N–H and O–H groups in total. The molecule has 11 heteroatoms. The van der Waals surface area contributed by atoms with E-state index in [0.29, 0.717) is 38.4 Å². The third-order valence-corrected chi connectivity index (χ3v) is 8.32. The number of aliphatic hydroxyl groups is 1. The Balaban J connectivity index is 1.40. The van der Waals surface area contributed by atoms with Crippen LogP contribution in [0.5, 0.6) is 0 Å². The van der Waals surface area contributed by atoms with Crippen LogP contribution in [0, 0.1) is 29.1 Å². The van der Waals surface area contributed by atoms with Gasteiger partial charge in [0.2, 0.25) is 5.91 Å². The second kappa shape index (κ2) is 9.93. The number of nitrogens with two attached hydrogens (primary N) is 1. The zero-order valence-electron chi connectivity index (χ0n) is 18.9. The van der Waals surface area contributed by atoms with Crippen molar-refractivity contribution in [1.29, 1.82) is 0 Å². The Morgan fingerprint density at radius 2 is 2.00 bits per heavy atom. The van der Waals surface area contributed by atoms with Crippen molar-refractivity contribution in [2.24, 2.45) is 34.8 Å². The number of alkyl halides is 4. The van der Waals surface area contributed by atoms with Crippen LogP contribution in [0.1, 0.15) is 38.5 Å². The lowest BCUT2D eigenvalue weighted by Gasteiger charge is -2.47. The van der Waals surface area contributed by atoms with Gasteiger partial charge in [-0.3, -0.25) is 15.0 Å². The number of halogens is 4. The van der Waals surface area contributed by atoms with Crippen LogP contribution in [0.25, 0.3) is 0 Å². The largest absolute Gasteiger partial charge is 0.395 e. The molecule has 2 aliphatic carbocycles. The van der Waals surface area contributed by atoms with Crippen molar-refractivity contribution < 1.29 is 27.5 Å². The van der Waals surface area contributed by atoms with E-state index >= 15 is 0 Å². The Morgan fingerprint density at radius 1 is 1.24 bits per heavy atom. The molecule has 7 nitrogen and oxygen atoms in total. The van der Waals surface area contributed by atoms with Crippen LogP contribution in [0.15, 0.2) is 0 Å². The molecule has 0 aromatic heterocycles. The highest BCUT2D eigenvalue weighted by molar-refractivity contribution is 5.85. The lowest BCUT2D eigenvalue weighted by atomic mass is 9.78. The second-order valence-electron chi connectivity index (χ2n) is 10.5. The summed E-state index contributed by atoms with van der Waals surface area (Å²) in [6, 6.07) is 0. The molecule has 7 unspecified atom stereocenters. The Labute approximate surface area is 192 Å². The molecule has 0 bridgehead atoms. The van der Waals surface area contributed by atoms with E-state index in [2.05, 4.69) is 20.9 Å². The van der Waals surface area contributed by atoms with Crippen molar-refractivity contribution in [3.63, 3.8) is 0 Å². The number of hydrogen-bond donors (Lipinski definition) is 5. The molecule has 33 heavy (non-hydrogen) atoms. The Bertz CT molecular complexity index is 692. The smallest absolute Gasteiger partial charge is 0.391 e. The molecule has 0 radical (unpaired) electrons. The molecule has 0 aromatic rings. The Kier molecular flexibility index (Phi) is 7.55. The van der Waals surface area contributed by atoms with E-state index in [1.54, 1.807) is 0 Å². The normalized spacial score (nSPS) is 39.4. The standard InChI is InChI=1S/C22H37F4N5O2/c23-17-7-15(22(24,25)26)1-2-16(17)18-28-9-14(10-29-20(33)21(12-32)4-5-21)19(30-18)31-6-3-13(8-27)11-31/h13-19,28,30,32H,1-12,27H2,(H,29,33). The Morgan fingerprint density at radius 3 is 2.58 bits per heavy atom. The van der Waals surface area contributed by atoms with Crippen LogP contribution in [-0.4, -0.2) is 79.9 Å². The molecular formula is C22H37F4N5O2. The van der Waals surface area contributed by atoms with E-state index < -0.39 is 42.2 Å². The average molecular weight is 480 g/mol. The monoisotopic (exact) mass is 479 g/mol. The number of hydrogen-bond acceptors (Lipinski definition) is 6. The predicted octanol–water partition coefficient (Wildman–Crippen LogP) is 0.934. The summed E-state index contributed by atoms with van der Waals surface area (Å²) in [7, 11) is 0. The number of likely N-dealkylation sites (tertiary alicyclic amines) is 1. The van der Waals surface area contributed by atoms with E-state index in [1.165, 1.54) is 0 Å². The number of amides is 1. The molecule has 2 saturated heterocycles. The van der Waals surface area contributed by atoms with Gasteiger partial charge in [-0.1, -0.05) is 0 Å². The number of nitrogens with one attached hydrogen (secondary N) is 3. The van der Waals surface area contributed by atoms with Crippen LogP contribution in [-0.2, 0) is 4.79 Å². The quantitative estimate of drug-likeness (QED) is 0.348. The van der Waals surface area contributed by atoms with Gasteiger partial charge in [0.15, 0.2) is 0 Å². The topological polar surface area (TPSA) is 103 Å². The molecular weight excluding hydrogens is 442 g/mol. The highest BCUT2D eigenvalue weighted by Crippen LogP contribution is 2.45. The molecule has 4 rings (SSSR count). The zero-order chi connectivity index (χ0) is 23.8. The zero-order valence-corrected chi connectivity index (χ0v) is 18.9. The fraction of sp³-hybridized carbons (Fsp3) is 0.955. The van der Waals surface area contributed by atoms with Gasteiger partial charge in [0, 0.05) is 38.0 Å². The summed E-state index contributed by atoms with van der Waals surface area (Å²) in [4.78, 5) is 14.8. The van der Waals surface area contributed by atoms with E-state index in [4.69, 9.17) is 5.73 Å². The van der Waals surface area contributed by atoms with Gasteiger partial charge >= 0.3 is 6.18 Å². The van der Waals surface area contributed by atoms with E-state index in [9.17, 15) is 27.5 Å². The maximum Gasteiger partial charge on any atom is 0.391 e. The highest BCUT2D eigenvalue weighted by atomic mass is 19.4. The molecule has 4 aliphatic rings. The van der Waals surface area contributed by atoms with Gasteiger partial charge in [-0.2, -0.15) is 13.2 Å². The van der Waals surface area contributed by atoms with Gasteiger partial charge in [-0.15, -0.1) is 0 Å². The van der Waals surface area contributed by atoms with Crippen LogP contribution < -0.4 is 21.7 Å². The number of rotatable bonds is 7. The van der Waals surface area contributed by atoms with Gasteiger partial charge in [0.25, 0.3) is 0 Å². The molecule has 4 fully saturated rings. The minimum Gasteiger partial charge on any atom is -0.395 e. The number of nitrogens with zero attached hydrogens (tertiary/aromatic N) is 1. The molecule has 2 saturated carbocycles. The van der Waals surface area contributed by atoms with Crippen LogP contribution in [0.4, 0.5) is 17.6 Å². The third kappa shape index (κ3) is 5.47. The number of carbonyl (C=O) groups is 1. The van der Waals surface area contributed by atoms with Crippen molar-refractivity contribution in [3.05, 3.63) is 0 Å². The molecule has 0 aromatic carbocycles. The van der Waals surface area contributed by atoms with E-state index in [1.807, 2.05) is 0 Å². The van der Waals surface area contributed by atoms with Gasteiger partial charge in [0.1, 0.15) is 6.17 Å². The summed E-state index contributed by atoms with van der Waals surface area (Å²) in [6.07, 6.45) is -4.47. The van der Waals surface area contributed by atoms with Crippen molar-refractivity contribution in [1.82, 2.24) is 20.9 Å². The van der Waals surface area contributed by atoms with E-state index in [0.717, 1.165) is 19.5 Å². The molecule has 7 atom stereocenters. The van der Waals surface area contributed by atoms with Gasteiger partial charge < -0.3 is 21.5 Å². The highest BCUT2D eigenvalue weighted by Gasteiger charge is 2.50. The van der Waals surface area contributed by atoms with Crippen LogP contribution in [0.3, 0.4) is 0 Å². The first-order valence-corrected chi connectivity index (χ1v) is 12.2. The fourth-order valence-electron chi connectivity index (χ4n) is 5.77. The summed E-state index contributed by atoms with van der Waals surface area (Å²) < 4.78 is 54.1. The van der Waals surface area contributed by atoms with E-state index in [-0.39, 0.29) is 37.4 Å². The first kappa shape index (κ1) is 25.1. The fourth-order valence-corrected chi connectivity index (χ4v) is 5.77. The lowest BCUT2D eigenvalue weighted by Crippen LogP contribution is -2.68. The van der Waals surface area contributed by atoms with Crippen molar-refractivity contribution in [2.45, 2.75) is 63.2 Å². The maximum atomic E-state index is 14.9. The predicted molar refractivity (Wildman–Crippen MR) is 114 cm³/mol. The van der Waals surface area contributed by atoms with Crippen molar-refractivity contribution in [3.8, 4) is 0 Å². The third-order valence-electron chi connectivity index (χ3n) is 8.32. The molecule has 2 heterocycles. The first-order chi connectivity index (χ1) is 15.7. The van der Waals surface area contributed by atoms with Gasteiger partial charge in [-0.05, 0) is 51.0 Å². The van der Waals surface area contributed by atoms with Crippen LogP contribution in [0.2, 0.25) is 0 Å². The minimum atomic E-state index is -4.35. The van der Waals surface area contributed by atoms with Gasteiger partial charge in [-0.25, -0.2) is 4.39 Å². The molecule has 0 spiro atoms. The Hall–Kier alpha value is -1.01. The minimum absolute atomic E-state index is 0.000734.